The zero-order valence-electron chi connectivity index (χ0n) is 4.98. The highest BCUT2D eigenvalue weighted by atomic mass is 16.5. The smallest absolute Gasteiger partial charge is 0.108 e. The van der Waals surface area contributed by atoms with Crippen LogP contribution in [0.2, 0.25) is 5.82 Å². The minimum absolute atomic E-state index is 0.792. The van der Waals surface area contributed by atoms with Crippen molar-refractivity contribution in [3.63, 3.8) is 0 Å². The largest absolute Gasteiger partial charge is 0.382 e. The third kappa shape index (κ3) is 0.971. The predicted molar refractivity (Wildman–Crippen MR) is 32.3 cm³/mol. The number of ether oxygens (including phenoxy) is 1. The Kier molecular flexibility index (Phi) is 1.38. The van der Waals surface area contributed by atoms with Crippen molar-refractivity contribution in [2.24, 2.45) is 5.92 Å². The summed E-state index contributed by atoms with van der Waals surface area (Å²) in [6.07, 6.45) is 0. The normalized spacial score (nSPS) is 41.9. The highest BCUT2D eigenvalue weighted by molar-refractivity contribution is 6.12. The molecule has 1 fully saturated rings. The Bertz CT molecular complexity index is 57.1. The SMILES string of the molecule is B[C@@H]1COC[C@H]1C. The van der Waals surface area contributed by atoms with Gasteiger partial charge < -0.3 is 4.74 Å². The summed E-state index contributed by atoms with van der Waals surface area (Å²) in [4.78, 5) is 0. The zero-order chi connectivity index (χ0) is 5.28. The molecular formula is C5H11BO. The van der Waals surface area contributed by atoms with Crippen LogP contribution in [0.5, 0.6) is 0 Å². The molecule has 1 rings (SSSR count). The van der Waals surface area contributed by atoms with Gasteiger partial charge in [0.05, 0.1) is 0 Å². The van der Waals surface area contributed by atoms with Crippen LogP contribution in [0.1, 0.15) is 6.92 Å². The van der Waals surface area contributed by atoms with Crippen molar-refractivity contribution >= 4 is 7.85 Å². The van der Waals surface area contributed by atoms with Crippen LogP contribution < -0.4 is 0 Å². The summed E-state index contributed by atoms with van der Waals surface area (Å²) in [6, 6.07) is 0. The Morgan fingerprint density at radius 1 is 1.57 bits per heavy atom. The fourth-order valence-electron chi connectivity index (χ4n) is 0.768. The Labute approximate surface area is 45.5 Å². The lowest BCUT2D eigenvalue weighted by molar-refractivity contribution is 0.188. The van der Waals surface area contributed by atoms with Gasteiger partial charge in [-0.05, 0) is 11.7 Å². The van der Waals surface area contributed by atoms with Crippen LogP contribution in [0.15, 0.2) is 0 Å². The third-order valence-electron chi connectivity index (χ3n) is 1.73. The molecule has 0 saturated carbocycles. The molecule has 2 heteroatoms. The topological polar surface area (TPSA) is 9.23 Å². The van der Waals surface area contributed by atoms with E-state index in [4.69, 9.17) is 4.74 Å². The van der Waals surface area contributed by atoms with Crippen molar-refractivity contribution in [2.45, 2.75) is 12.7 Å². The van der Waals surface area contributed by atoms with E-state index in [0.717, 1.165) is 24.9 Å². The summed E-state index contributed by atoms with van der Waals surface area (Å²) in [6.45, 7) is 4.18. The number of hydrogen-bond donors (Lipinski definition) is 0. The summed E-state index contributed by atoms with van der Waals surface area (Å²) >= 11 is 0. The van der Waals surface area contributed by atoms with Gasteiger partial charge in [-0.3, -0.25) is 0 Å². The van der Waals surface area contributed by atoms with Crippen LogP contribution in [0.4, 0.5) is 0 Å². The van der Waals surface area contributed by atoms with Crippen LogP contribution in [-0.4, -0.2) is 21.1 Å². The van der Waals surface area contributed by atoms with Gasteiger partial charge in [-0.2, -0.15) is 0 Å². The van der Waals surface area contributed by atoms with Gasteiger partial charge in [0.15, 0.2) is 0 Å². The second kappa shape index (κ2) is 1.87. The van der Waals surface area contributed by atoms with E-state index in [-0.39, 0.29) is 0 Å². The molecule has 0 unspecified atom stereocenters. The minimum atomic E-state index is 0.792. The summed E-state index contributed by atoms with van der Waals surface area (Å²) < 4.78 is 5.17. The average molecular weight is 98.0 g/mol. The van der Waals surface area contributed by atoms with Crippen molar-refractivity contribution in [3.05, 3.63) is 0 Å². The van der Waals surface area contributed by atoms with Gasteiger partial charge >= 0.3 is 0 Å². The Balaban J connectivity index is 2.33. The molecule has 7 heavy (non-hydrogen) atoms. The summed E-state index contributed by atoms with van der Waals surface area (Å²) in [5.74, 6) is 1.58. The van der Waals surface area contributed by atoms with E-state index in [9.17, 15) is 0 Å². The Hall–Kier alpha value is 0.0249. The Morgan fingerprint density at radius 2 is 2.29 bits per heavy atom. The van der Waals surface area contributed by atoms with Gasteiger partial charge in [0, 0.05) is 13.2 Å². The van der Waals surface area contributed by atoms with E-state index in [2.05, 4.69) is 14.8 Å². The second-order valence-electron chi connectivity index (χ2n) is 2.49. The molecule has 0 aliphatic carbocycles. The molecule has 1 aliphatic heterocycles. The van der Waals surface area contributed by atoms with Crippen LogP contribution in [0.25, 0.3) is 0 Å². The standard InChI is InChI=1S/C5H11BO/c1-4-2-7-3-5(4)6/h4-5H,2-3,6H2,1H3/t4-,5-/m1/s1. The third-order valence-corrected chi connectivity index (χ3v) is 1.73. The first kappa shape index (κ1) is 5.17. The van der Waals surface area contributed by atoms with E-state index in [1.807, 2.05) is 0 Å². The first-order valence-corrected chi connectivity index (χ1v) is 2.88. The van der Waals surface area contributed by atoms with Gasteiger partial charge in [-0.15, -0.1) is 0 Å². The molecular weight excluding hydrogens is 86.9 g/mol. The molecule has 0 bridgehead atoms. The van der Waals surface area contributed by atoms with E-state index in [1.54, 1.807) is 0 Å². The molecule has 1 saturated heterocycles. The van der Waals surface area contributed by atoms with E-state index in [1.165, 1.54) is 0 Å². The summed E-state index contributed by atoms with van der Waals surface area (Å²) in [5.41, 5.74) is 0. The molecule has 0 aromatic heterocycles. The van der Waals surface area contributed by atoms with Crippen molar-refractivity contribution in [1.29, 1.82) is 0 Å². The minimum Gasteiger partial charge on any atom is -0.382 e. The van der Waals surface area contributed by atoms with Crippen LogP contribution in [0, 0.1) is 5.92 Å². The maximum absolute atomic E-state index is 5.17. The fourth-order valence-corrected chi connectivity index (χ4v) is 0.768. The summed E-state index contributed by atoms with van der Waals surface area (Å²) in [7, 11) is 2.23. The van der Waals surface area contributed by atoms with Gasteiger partial charge in [-0.25, -0.2) is 0 Å². The number of hydrogen-bond acceptors (Lipinski definition) is 1. The number of rotatable bonds is 0. The van der Waals surface area contributed by atoms with E-state index < -0.39 is 0 Å². The van der Waals surface area contributed by atoms with Crippen molar-refractivity contribution < 1.29 is 4.74 Å². The fraction of sp³-hybridized carbons (Fsp3) is 1.00. The lowest BCUT2D eigenvalue weighted by Gasteiger charge is -2.01. The van der Waals surface area contributed by atoms with Crippen molar-refractivity contribution in [3.8, 4) is 0 Å². The van der Waals surface area contributed by atoms with Gasteiger partial charge in [-0.1, -0.05) is 6.92 Å². The maximum Gasteiger partial charge on any atom is 0.108 e. The molecule has 0 aromatic carbocycles. The first-order valence-electron chi connectivity index (χ1n) is 2.88. The van der Waals surface area contributed by atoms with Crippen molar-refractivity contribution in [1.82, 2.24) is 0 Å². The molecule has 40 valence electrons. The molecule has 0 amide bonds. The molecule has 1 nitrogen and oxygen atoms in total. The molecule has 2 atom stereocenters. The quantitative estimate of drug-likeness (QED) is 0.389. The van der Waals surface area contributed by atoms with Crippen LogP contribution >= 0.6 is 0 Å². The monoisotopic (exact) mass is 98.1 g/mol. The maximum atomic E-state index is 5.17. The molecule has 0 N–H and O–H groups in total. The van der Waals surface area contributed by atoms with E-state index >= 15 is 0 Å². The van der Waals surface area contributed by atoms with Gasteiger partial charge in [0.1, 0.15) is 7.85 Å². The van der Waals surface area contributed by atoms with Gasteiger partial charge in [0.25, 0.3) is 0 Å². The highest BCUT2D eigenvalue weighted by Gasteiger charge is 2.18. The summed E-state index contributed by atoms with van der Waals surface area (Å²) in [5, 5.41) is 0. The Morgan fingerprint density at radius 3 is 2.43 bits per heavy atom. The van der Waals surface area contributed by atoms with Gasteiger partial charge in [0.2, 0.25) is 0 Å². The highest BCUT2D eigenvalue weighted by Crippen LogP contribution is 2.20. The lowest BCUT2D eigenvalue weighted by Crippen LogP contribution is -1.99. The second-order valence-corrected chi connectivity index (χ2v) is 2.49. The lowest BCUT2D eigenvalue weighted by atomic mass is 9.80. The average Bonchev–Trinajstić information content (AvgIpc) is 1.91. The van der Waals surface area contributed by atoms with E-state index in [0.29, 0.717) is 0 Å². The zero-order valence-corrected chi connectivity index (χ0v) is 4.98. The molecule has 1 aliphatic rings. The molecule has 1 heterocycles. The molecule has 0 aromatic rings. The predicted octanol–water partition coefficient (Wildman–Crippen LogP) is 0.0743. The van der Waals surface area contributed by atoms with Crippen molar-refractivity contribution in [2.75, 3.05) is 13.2 Å². The van der Waals surface area contributed by atoms with Crippen LogP contribution in [-0.2, 0) is 4.74 Å². The van der Waals surface area contributed by atoms with Crippen LogP contribution in [0.3, 0.4) is 0 Å². The molecule has 0 spiro atoms. The molecule has 0 radical (unpaired) electrons. The first-order chi connectivity index (χ1) is 3.30.